The van der Waals surface area contributed by atoms with Crippen LogP contribution in [0.5, 0.6) is 0 Å². The Kier molecular flexibility index (Phi) is 2.83. The van der Waals surface area contributed by atoms with Crippen molar-refractivity contribution in [3.63, 3.8) is 0 Å². The topological polar surface area (TPSA) is 52.6 Å². The molecule has 18 heavy (non-hydrogen) atoms. The van der Waals surface area contributed by atoms with Crippen molar-refractivity contribution in [3.05, 3.63) is 0 Å². The van der Waals surface area contributed by atoms with Gasteiger partial charge in [0.15, 0.2) is 0 Å². The Hall–Kier alpha value is -1.06. The molecule has 0 aromatic rings. The Morgan fingerprint density at radius 2 is 1.11 bits per heavy atom. The molecule has 0 aromatic heterocycles. The summed E-state index contributed by atoms with van der Waals surface area (Å²) >= 11 is 0. The molecule has 4 atom stereocenters. The van der Waals surface area contributed by atoms with Crippen LogP contribution in [-0.4, -0.2) is 26.2 Å². The number of carbonyl (C=O) groups is 2. The van der Waals surface area contributed by atoms with Crippen molar-refractivity contribution in [2.75, 3.05) is 14.2 Å². The molecule has 4 aliphatic carbocycles. The Bertz CT molecular complexity index is 334. The van der Waals surface area contributed by atoms with Gasteiger partial charge in [0, 0.05) is 0 Å². The fourth-order valence-corrected chi connectivity index (χ4v) is 4.82. The second-order valence-electron chi connectivity index (χ2n) is 5.93. The highest BCUT2D eigenvalue weighted by molar-refractivity contribution is 5.85. The number of rotatable bonds is 2. The zero-order chi connectivity index (χ0) is 12.9. The minimum Gasteiger partial charge on any atom is -0.469 e. The fourth-order valence-electron chi connectivity index (χ4n) is 4.82. The first-order valence-corrected chi connectivity index (χ1v) is 6.84. The zero-order valence-corrected chi connectivity index (χ0v) is 10.9. The van der Waals surface area contributed by atoms with Gasteiger partial charge in [-0.2, -0.15) is 0 Å². The van der Waals surface area contributed by atoms with E-state index >= 15 is 0 Å². The van der Waals surface area contributed by atoms with E-state index in [1.165, 1.54) is 39.9 Å². The van der Waals surface area contributed by atoms with Crippen LogP contribution in [0.1, 0.15) is 25.7 Å². The first-order chi connectivity index (χ1) is 8.69. The quantitative estimate of drug-likeness (QED) is 0.701. The zero-order valence-electron chi connectivity index (χ0n) is 10.9. The van der Waals surface area contributed by atoms with Crippen molar-refractivity contribution in [3.8, 4) is 0 Å². The van der Waals surface area contributed by atoms with E-state index in [1.54, 1.807) is 0 Å². The highest BCUT2D eigenvalue weighted by Crippen LogP contribution is 2.63. The molecule has 0 saturated heterocycles. The van der Waals surface area contributed by atoms with Crippen LogP contribution in [0.2, 0.25) is 0 Å². The van der Waals surface area contributed by atoms with Crippen molar-refractivity contribution in [1.29, 1.82) is 0 Å². The van der Waals surface area contributed by atoms with E-state index in [9.17, 15) is 9.59 Å². The third kappa shape index (κ3) is 1.44. The molecule has 2 bridgehead atoms. The van der Waals surface area contributed by atoms with Crippen LogP contribution in [0, 0.1) is 35.5 Å². The molecule has 0 N–H and O–H groups in total. The standard InChI is InChI=1S/C14H20O4/c1-17-13(15)11-9-7-3-5-8(6-4-7)10(9)12(11)14(16)18-2/h7-12H,3-6H2,1-2H3/t7?,8?,9-,10+,11+,12-. The van der Waals surface area contributed by atoms with Gasteiger partial charge in [0.1, 0.15) is 0 Å². The summed E-state index contributed by atoms with van der Waals surface area (Å²) in [6.45, 7) is 0. The predicted molar refractivity (Wildman–Crippen MR) is 63.4 cm³/mol. The molecule has 0 spiro atoms. The lowest BCUT2D eigenvalue weighted by atomic mass is 9.42. The molecule has 0 aliphatic heterocycles. The Morgan fingerprint density at radius 3 is 1.39 bits per heavy atom. The van der Waals surface area contributed by atoms with E-state index in [1.807, 2.05) is 0 Å². The van der Waals surface area contributed by atoms with Crippen LogP contribution in [0.3, 0.4) is 0 Å². The number of hydrogen-bond acceptors (Lipinski definition) is 4. The van der Waals surface area contributed by atoms with Gasteiger partial charge in [0.05, 0.1) is 26.1 Å². The van der Waals surface area contributed by atoms with Crippen LogP contribution in [0.25, 0.3) is 0 Å². The lowest BCUT2D eigenvalue weighted by Crippen LogP contribution is -2.63. The number of hydrogen-bond donors (Lipinski definition) is 0. The van der Waals surface area contributed by atoms with Crippen molar-refractivity contribution in [2.45, 2.75) is 25.7 Å². The smallest absolute Gasteiger partial charge is 0.309 e. The fraction of sp³-hybridized carbons (Fsp3) is 0.857. The first kappa shape index (κ1) is 12.0. The highest BCUT2D eigenvalue weighted by Gasteiger charge is 2.65. The molecule has 0 unspecified atom stereocenters. The van der Waals surface area contributed by atoms with E-state index in [-0.39, 0.29) is 23.8 Å². The minimum absolute atomic E-state index is 0.223. The second kappa shape index (κ2) is 4.25. The molecule has 0 aromatic carbocycles. The first-order valence-electron chi connectivity index (χ1n) is 6.84. The van der Waals surface area contributed by atoms with Crippen molar-refractivity contribution in [1.82, 2.24) is 0 Å². The van der Waals surface area contributed by atoms with E-state index in [4.69, 9.17) is 9.47 Å². The van der Waals surface area contributed by atoms with E-state index in [0.717, 1.165) is 0 Å². The van der Waals surface area contributed by atoms with E-state index in [2.05, 4.69) is 0 Å². The number of esters is 2. The maximum absolute atomic E-state index is 11.9. The monoisotopic (exact) mass is 252 g/mol. The van der Waals surface area contributed by atoms with Crippen molar-refractivity contribution < 1.29 is 19.1 Å². The van der Waals surface area contributed by atoms with Crippen molar-refractivity contribution >= 4 is 11.9 Å². The maximum Gasteiger partial charge on any atom is 0.309 e. The molecular weight excluding hydrogens is 232 g/mol. The largest absolute Gasteiger partial charge is 0.469 e. The van der Waals surface area contributed by atoms with E-state index in [0.29, 0.717) is 23.7 Å². The van der Waals surface area contributed by atoms with Gasteiger partial charge in [-0.1, -0.05) is 0 Å². The van der Waals surface area contributed by atoms with Gasteiger partial charge in [-0.3, -0.25) is 9.59 Å². The van der Waals surface area contributed by atoms with Gasteiger partial charge in [0.25, 0.3) is 0 Å². The SMILES string of the molecule is COC(=O)[C@@H]1[C@H](C(=O)OC)[C@H]2C3CCC(CC3)[C@@H]12. The second-order valence-corrected chi connectivity index (χ2v) is 5.93. The third-order valence-electron chi connectivity index (χ3n) is 5.51. The molecule has 4 heteroatoms. The Balaban J connectivity index is 1.88. The summed E-state index contributed by atoms with van der Waals surface area (Å²) in [5.41, 5.74) is 0. The van der Waals surface area contributed by atoms with Gasteiger partial charge in [0.2, 0.25) is 0 Å². The molecule has 4 aliphatic rings. The van der Waals surface area contributed by atoms with Gasteiger partial charge in [-0.25, -0.2) is 0 Å². The molecular formula is C14H20O4. The summed E-state index contributed by atoms with van der Waals surface area (Å²) < 4.78 is 9.78. The molecule has 0 heterocycles. The average molecular weight is 252 g/mol. The summed E-state index contributed by atoms with van der Waals surface area (Å²) in [5.74, 6) is 1.03. The average Bonchev–Trinajstić information content (AvgIpc) is 2.38. The molecule has 100 valence electrons. The lowest BCUT2D eigenvalue weighted by Gasteiger charge is -2.61. The summed E-state index contributed by atoms with van der Waals surface area (Å²) in [6.07, 6.45) is 4.86. The van der Waals surface area contributed by atoms with Crippen molar-refractivity contribution in [2.24, 2.45) is 35.5 Å². The highest BCUT2D eigenvalue weighted by atomic mass is 16.5. The van der Waals surface area contributed by atoms with Crippen LogP contribution in [-0.2, 0) is 19.1 Å². The predicted octanol–water partition coefficient (Wildman–Crippen LogP) is 1.63. The van der Waals surface area contributed by atoms with Crippen LogP contribution < -0.4 is 0 Å². The van der Waals surface area contributed by atoms with Crippen LogP contribution in [0.15, 0.2) is 0 Å². The summed E-state index contributed by atoms with van der Waals surface area (Å²) in [4.78, 5) is 23.9. The van der Waals surface area contributed by atoms with Gasteiger partial charge in [-0.05, 0) is 49.4 Å². The van der Waals surface area contributed by atoms with Crippen LogP contribution >= 0.6 is 0 Å². The Labute approximate surface area is 107 Å². The molecule has 4 rings (SSSR count). The molecule has 0 amide bonds. The number of carbonyl (C=O) groups excluding carboxylic acids is 2. The van der Waals surface area contributed by atoms with Crippen LogP contribution in [0.4, 0.5) is 0 Å². The Morgan fingerprint density at radius 1 is 0.778 bits per heavy atom. The minimum atomic E-state index is -0.249. The number of fused-ring (bicyclic) bond motifs is 2. The molecule has 4 nitrogen and oxygen atoms in total. The van der Waals surface area contributed by atoms with E-state index < -0.39 is 0 Å². The maximum atomic E-state index is 11.9. The summed E-state index contributed by atoms with van der Waals surface area (Å²) in [5, 5.41) is 0. The normalized spacial score (nSPS) is 44.8. The van der Waals surface area contributed by atoms with Gasteiger partial charge >= 0.3 is 11.9 Å². The summed E-state index contributed by atoms with van der Waals surface area (Å²) in [6, 6.07) is 0. The summed E-state index contributed by atoms with van der Waals surface area (Å²) in [7, 11) is 2.82. The third-order valence-corrected chi connectivity index (χ3v) is 5.51. The molecule has 4 fully saturated rings. The molecule has 0 radical (unpaired) electrons. The number of ether oxygens (including phenoxy) is 2. The molecule has 4 saturated carbocycles. The number of methoxy groups -OCH3 is 2. The van der Waals surface area contributed by atoms with Gasteiger partial charge < -0.3 is 9.47 Å². The van der Waals surface area contributed by atoms with Gasteiger partial charge in [-0.15, -0.1) is 0 Å². The lowest BCUT2D eigenvalue weighted by molar-refractivity contribution is -0.203.